The van der Waals surface area contributed by atoms with E-state index in [1.54, 1.807) is 45.0 Å². The van der Waals surface area contributed by atoms with Gasteiger partial charge in [-0.05, 0) is 121 Å². The number of aliphatic hydroxyl groups is 2. The first-order valence-electron chi connectivity index (χ1n) is 23.8. The molecule has 0 bridgehead atoms. The van der Waals surface area contributed by atoms with Gasteiger partial charge in [-0.15, -0.1) is 0 Å². The average Bonchev–Trinajstić information content (AvgIpc) is 3.86. The monoisotopic (exact) mass is 1100 g/mol. The summed E-state index contributed by atoms with van der Waals surface area (Å²) in [4.78, 5) is 78.4. The molecule has 21 heteroatoms. The molecular formula is C57H52ClF5N4O11. The SMILES string of the molecule is COC(=O)c1ccc2c(c1)N(Cc1c(F)cccc1Cl)C(=O)C2(C)CO.COC(=O)c1ccc2c(c1)N(Cc1cc(F)cc(F)c1)C(=O)C2(C)CN.COC(=O)c1ccc2c(c1)N(Cc1cc(F)cc(F)c1)C(=O)C2(C)CO. The highest BCUT2D eigenvalue weighted by Crippen LogP contribution is 2.46. The molecule has 0 aromatic heterocycles. The minimum Gasteiger partial charge on any atom is -0.465 e. The highest BCUT2D eigenvalue weighted by molar-refractivity contribution is 6.31. The summed E-state index contributed by atoms with van der Waals surface area (Å²) >= 11 is 6.09. The summed E-state index contributed by atoms with van der Waals surface area (Å²) in [6.07, 6.45) is 0. The molecule has 408 valence electrons. The predicted octanol–water partition coefficient (Wildman–Crippen LogP) is 8.13. The summed E-state index contributed by atoms with van der Waals surface area (Å²) in [5.74, 6) is -6.25. The lowest BCUT2D eigenvalue weighted by Gasteiger charge is -2.22. The van der Waals surface area contributed by atoms with Crippen LogP contribution in [-0.2, 0) is 64.5 Å². The number of rotatable bonds is 12. The largest absolute Gasteiger partial charge is 0.465 e. The normalized spacial score (nSPS) is 18.8. The Labute approximate surface area is 449 Å². The number of anilines is 3. The van der Waals surface area contributed by atoms with Gasteiger partial charge in [0.25, 0.3) is 0 Å². The van der Waals surface area contributed by atoms with Gasteiger partial charge in [-0.1, -0.05) is 35.9 Å². The Kier molecular flexibility index (Phi) is 16.9. The molecule has 3 aliphatic rings. The smallest absolute Gasteiger partial charge is 0.337 e. The van der Waals surface area contributed by atoms with E-state index in [0.29, 0.717) is 39.3 Å². The molecule has 6 aromatic rings. The summed E-state index contributed by atoms with van der Waals surface area (Å²) < 4.78 is 82.3. The average molecular weight is 1100 g/mol. The van der Waals surface area contributed by atoms with Gasteiger partial charge in [0.05, 0.1) is 87.1 Å². The lowest BCUT2D eigenvalue weighted by Crippen LogP contribution is -2.43. The Hall–Kier alpha value is -8.04. The van der Waals surface area contributed by atoms with Gasteiger partial charge in [-0.3, -0.25) is 14.4 Å². The van der Waals surface area contributed by atoms with Crippen LogP contribution in [0.5, 0.6) is 0 Å². The fraction of sp³-hybridized carbons (Fsp3) is 0.263. The summed E-state index contributed by atoms with van der Waals surface area (Å²) in [6.45, 7) is 3.84. The standard InChI is InChI=1S/C19H17ClFNO4.C19H18F2N2O3.C19H17F2NO4/c1-19(10-23)13-7-6-11(17(24)26-2)8-16(13)22(18(19)25)9-12-14(20)4-3-5-15(12)21;1-19(10-22)15-4-3-12(17(24)26-2)7-16(15)23(18(19)25)9-11-5-13(20)8-14(21)6-11;1-19(10-23)15-4-3-12(17(24)26-2)7-16(15)22(18(19)25)9-11-5-13(20)8-14(21)6-11/h3-8,23H,9-10H2,1-2H3;3-8H,9-10,22H2,1-2H3;3-8,23H,9-10H2,1-2H3. The number of methoxy groups -OCH3 is 3. The number of fused-ring (bicyclic) bond motifs is 3. The van der Waals surface area contributed by atoms with Gasteiger partial charge < -0.3 is 44.9 Å². The molecule has 0 spiro atoms. The highest BCUT2D eigenvalue weighted by Gasteiger charge is 2.50. The van der Waals surface area contributed by atoms with Crippen molar-refractivity contribution in [3.63, 3.8) is 0 Å². The van der Waals surface area contributed by atoms with Crippen LogP contribution in [0.3, 0.4) is 0 Å². The second-order valence-electron chi connectivity index (χ2n) is 19.1. The van der Waals surface area contributed by atoms with Crippen molar-refractivity contribution in [2.45, 2.75) is 56.7 Å². The highest BCUT2D eigenvalue weighted by atomic mass is 35.5. The van der Waals surface area contributed by atoms with E-state index in [1.165, 1.54) is 84.6 Å². The maximum absolute atomic E-state index is 14.2. The van der Waals surface area contributed by atoms with Crippen molar-refractivity contribution < 1.29 is 75.1 Å². The topological polar surface area (TPSA) is 206 Å². The summed E-state index contributed by atoms with van der Waals surface area (Å²) in [5.41, 5.74) is 7.04. The third-order valence-corrected chi connectivity index (χ3v) is 14.4. The number of esters is 3. The maximum atomic E-state index is 14.2. The van der Waals surface area contributed by atoms with Crippen LogP contribution in [0.4, 0.5) is 39.0 Å². The maximum Gasteiger partial charge on any atom is 0.337 e. The molecule has 9 rings (SSSR count). The first kappa shape index (κ1) is 57.7. The number of halogens is 6. The molecule has 0 aliphatic carbocycles. The molecule has 3 aliphatic heterocycles. The number of hydrogen-bond acceptors (Lipinski definition) is 12. The van der Waals surface area contributed by atoms with Gasteiger partial charge in [0.1, 0.15) is 29.1 Å². The van der Waals surface area contributed by atoms with Crippen molar-refractivity contribution in [1.29, 1.82) is 0 Å². The van der Waals surface area contributed by atoms with Crippen molar-refractivity contribution >= 4 is 64.3 Å². The van der Waals surface area contributed by atoms with Crippen LogP contribution in [0, 0.1) is 29.1 Å². The molecule has 78 heavy (non-hydrogen) atoms. The summed E-state index contributed by atoms with van der Waals surface area (Å²) in [5, 5.41) is 19.8. The van der Waals surface area contributed by atoms with Crippen molar-refractivity contribution in [2.24, 2.45) is 5.73 Å². The van der Waals surface area contributed by atoms with Crippen molar-refractivity contribution in [1.82, 2.24) is 0 Å². The molecule has 3 unspecified atom stereocenters. The van der Waals surface area contributed by atoms with Crippen LogP contribution >= 0.6 is 11.6 Å². The fourth-order valence-electron chi connectivity index (χ4n) is 9.55. The number of benzene rings is 6. The molecule has 3 amide bonds. The van der Waals surface area contributed by atoms with E-state index < -0.39 is 88.3 Å². The van der Waals surface area contributed by atoms with Crippen LogP contribution in [-0.4, -0.2) is 86.9 Å². The molecule has 0 saturated heterocycles. The number of carbonyl (C=O) groups is 6. The van der Waals surface area contributed by atoms with Crippen LogP contribution in [0.15, 0.2) is 109 Å². The predicted molar refractivity (Wildman–Crippen MR) is 276 cm³/mol. The van der Waals surface area contributed by atoms with Crippen LogP contribution in [0.1, 0.15) is 85.2 Å². The molecule has 0 saturated carbocycles. The molecule has 15 nitrogen and oxygen atoms in total. The number of amides is 3. The zero-order chi connectivity index (χ0) is 57.2. The van der Waals surface area contributed by atoms with Crippen molar-refractivity contribution in [3.8, 4) is 0 Å². The molecule has 0 radical (unpaired) electrons. The van der Waals surface area contributed by atoms with Crippen LogP contribution in [0.25, 0.3) is 0 Å². The Morgan fingerprint density at radius 2 is 0.846 bits per heavy atom. The zero-order valence-electron chi connectivity index (χ0n) is 42.9. The van der Waals surface area contributed by atoms with Gasteiger partial charge in [-0.25, -0.2) is 36.3 Å². The van der Waals surface area contributed by atoms with E-state index in [0.717, 1.165) is 36.4 Å². The van der Waals surface area contributed by atoms with Crippen molar-refractivity contribution in [3.05, 3.63) is 193 Å². The van der Waals surface area contributed by atoms with Crippen LogP contribution in [0.2, 0.25) is 5.02 Å². The number of ether oxygens (including phenoxy) is 3. The fourth-order valence-corrected chi connectivity index (χ4v) is 9.77. The summed E-state index contributed by atoms with van der Waals surface area (Å²) in [6, 6.07) is 24.4. The van der Waals surface area contributed by atoms with Gasteiger partial charge in [0.15, 0.2) is 0 Å². The lowest BCUT2D eigenvalue weighted by molar-refractivity contribution is -0.124. The van der Waals surface area contributed by atoms with E-state index in [9.17, 15) is 60.9 Å². The van der Waals surface area contributed by atoms with E-state index in [4.69, 9.17) is 31.5 Å². The summed E-state index contributed by atoms with van der Waals surface area (Å²) in [7, 11) is 3.76. The molecule has 0 fully saturated rings. The third kappa shape index (κ3) is 10.8. The van der Waals surface area contributed by atoms with E-state index in [2.05, 4.69) is 0 Å². The van der Waals surface area contributed by atoms with Gasteiger partial charge in [-0.2, -0.15) is 0 Å². The molecule has 3 atom stereocenters. The number of aliphatic hydroxyl groups excluding tert-OH is 2. The first-order valence-corrected chi connectivity index (χ1v) is 24.2. The van der Waals surface area contributed by atoms with E-state index >= 15 is 0 Å². The van der Waals surface area contributed by atoms with E-state index in [-0.39, 0.29) is 64.9 Å². The molecular weight excluding hydrogens is 1050 g/mol. The Bertz CT molecular complexity index is 3190. The Morgan fingerprint density at radius 3 is 1.17 bits per heavy atom. The van der Waals surface area contributed by atoms with E-state index in [1.807, 2.05) is 0 Å². The minimum atomic E-state index is -1.20. The van der Waals surface area contributed by atoms with Gasteiger partial charge in [0, 0.05) is 46.3 Å². The number of carbonyl (C=O) groups excluding carboxylic acids is 6. The Morgan fingerprint density at radius 1 is 0.513 bits per heavy atom. The first-order chi connectivity index (χ1) is 36.9. The lowest BCUT2D eigenvalue weighted by atomic mass is 9.83. The second-order valence-corrected chi connectivity index (χ2v) is 19.5. The van der Waals surface area contributed by atoms with Crippen LogP contribution < -0.4 is 20.4 Å². The minimum absolute atomic E-state index is 0.0409. The quantitative estimate of drug-likeness (QED) is 0.0604. The second kappa shape index (κ2) is 22.9. The number of nitrogens with two attached hydrogens (primary N) is 1. The number of hydrogen-bond donors (Lipinski definition) is 3. The molecule has 6 aromatic carbocycles. The zero-order valence-corrected chi connectivity index (χ0v) is 43.6. The third-order valence-electron chi connectivity index (χ3n) is 14.0. The number of nitrogens with zero attached hydrogens (tertiary/aromatic N) is 3. The Balaban J connectivity index is 0.000000170. The van der Waals surface area contributed by atoms with Gasteiger partial charge in [0.2, 0.25) is 17.7 Å². The molecule has 3 heterocycles. The van der Waals surface area contributed by atoms with Gasteiger partial charge >= 0.3 is 17.9 Å². The molecule has 4 N–H and O–H groups in total. The van der Waals surface area contributed by atoms with Crippen molar-refractivity contribution in [2.75, 3.05) is 55.8 Å².